The van der Waals surface area contributed by atoms with Crippen molar-refractivity contribution in [1.82, 2.24) is 5.43 Å². The van der Waals surface area contributed by atoms with Gasteiger partial charge in [-0.3, -0.25) is 4.79 Å². The topological polar surface area (TPSA) is 41.5 Å². The summed E-state index contributed by atoms with van der Waals surface area (Å²) in [4.78, 5) is 12.2. The van der Waals surface area contributed by atoms with E-state index in [9.17, 15) is 4.79 Å². The Bertz CT molecular complexity index is 677. The second kappa shape index (κ2) is 7.12. The standard InChI is InChI=1S/C17H18Cl2N2O/c1-10(2)12-5-4-11(3)16(8-12)20-21-17(22)14-7-6-13(18)9-15(14)19/h4,6-7,9,12H,1,5,8H2,2-3H3,(H,21,22)/b20-16-. The van der Waals surface area contributed by atoms with Crippen molar-refractivity contribution in [3.05, 3.63) is 57.6 Å². The number of hydrogen-bond donors (Lipinski definition) is 1. The Morgan fingerprint density at radius 3 is 2.77 bits per heavy atom. The normalized spacial score (nSPS) is 19.7. The molecule has 5 heteroatoms. The maximum Gasteiger partial charge on any atom is 0.272 e. The zero-order valence-electron chi connectivity index (χ0n) is 12.6. The smallest absolute Gasteiger partial charge is 0.267 e. The van der Waals surface area contributed by atoms with Crippen molar-refractivity contribution in [1.29, 1.82) is 0 Å². The van der Waals surface area contributed by atoms with Gasteiger partial charge in [-0.25, -0.2) is 5.43 Å². The van der Waals surface area contributed by atoms with Gasteiger partial charge in [0.2, 0.25) is 0 Å². The molecule has 0 saturated heterocycles. The van der Waals surface area contributed by atoms with Crippen LogP contribution >= 0.6 is 23.2 Å². The van der Waals surface area contributed by atoms with Crippen LogP contribution in [0.25, 0.3) is 0 Å². The largest absolute Gasteiger partial charge is 0.272 e. The number of nitrogens with zero attached hydrogens (tertiary/aromatic N) is 1. The summed E-state index contributed by atoms with van der Waals surface area (Å²) >= 11 is 11.8. The number of hydrazone groups is 1. The van der Waals surface area contributed by atoms with Gasteiger partial charge in [-0.1, -0.05) is 41.4 Å². The van der Waals surface area contributed by atoms with Gasteiger partial charge in [0.05, 0.1) is 16.3 Å². The van der Waals surface area contributed by atoms with Gasteiger partial charge in [0.1, 0.15) is 0 Å². The van der Waals surface area contributed by atoms with E-state index in [4.69, 9.17) is 23.2 Å². The van der Waals surface area contributed by atoms with Crippen LogP contribution < -0.4 is 5.43 Å². The van der Waals surface area contributed by atoms with E-state index >= 15 is 0 Å². The minimum absolute atomic E-state index is 0.306. The lowest BCUT2D eigenvalue weighted by atomic mass is 9.85. The highest BCUT2D eigenvalue weighted by Crippen LogP contribution is 2.26. The van der Waals surface area contributed by atoms with Crippen LogP contribution in [0.15, 0.2) is 47.1 Å². The number of hydrogen-bond acceptors (Lipinski definition) is 2. The Morgan fingerprint density at radius 1 is 1.41 bits per heavy atom. The molecule has 116 valence electrons. The predicted molar refractivity (Wildman–Crippen MR) is 92.7 cm³/mol. The molecule has 1 aliphatic carbocycles. The van der Waals surface area contributed by atoms with Crippen molar-refractivity contribution >= 4 is 34.8 Å². The van der Waals surface area contributed by atoms with Gasteiger partial charge in [0, 0.05) is 5.02 Å². The van der Waals surface area contributed by atoms with E-state index in [1.807, 2.05) is 13.8 Å². The predicted octanol–water partition coefficient (Wildman–Crippen LogP) is 5.01. The summed E-state index contributed by atoms with van der Waals surface area (Å²) in [6.45, 7) is 8.01. The average Bonchev–Trinajstić information content (AvgIpc) is 2.45. The SMILES string of the molecule is C=C(C)C1CC=C(C)/C(=N\NC(=O)c2ccc(Cl)cc2Cl)C1. The molecule has 1 aliphatic rings. The minimum Gasteiger partial charge on any atom is -0.267 e. The van der Waals surface area contributed by atoms with E-state index in [1.54, 1.807) is 12.1 Å². The first-order valence-electron chi connectivity index (χ1n) is 7.03. The zero-order valence-corrected chi connectivity index (χ0v) is 14.1. The van der Waals surface area contributed by atoms with Crippen LogP contribution in [-0.2, 0) is 0 Å². The van der Waals surface area contributed by atoms with Crippen molar-refractivity contribution in [2.45, 2.75) is 26.7 Å². The van der Waals surface area contributed by atoms with E-state index in [-0.39, 0.29) is 5.91 Å². The number of benzene rings is 1. The number of rotatable bonds is 3. The Morgan fingerprint density at radius 2 is 2.14 bits per heavy atom. The Labute approximate surface area is 140 Å². The molecule has 1 aromatic rings. The molecule has 3 nitrogen and oxygen atoms in total. The van der Waals surface area contributed by atoms with Crippen LogP contribution in [0, 0.1) is 5.92 Å². The summed E-state index contributed by atoms with van der Waals surface area (Å²) in [6, 6.07) is 4.74. The highest BCUT2D eigenvalue weighted by Gasteiger charge is 2.19. The van der Waals surface area contributed by atoms with Crippen LogP contribution in [0.1, 0.15) is 37.0 Å². The van der Waals surface area contributed by atoms with Crippen LogP contribution in [0.4, 0.5) is 0 Å². The third kappa shape index (κ3) is 3.99. The van der Waals surface area contributed by atoms with Crippen molar-refractivity contribution < 1.29 is 4.79 Å². The lowest BCUT2D eigenvalue weighted by Crippen LogP contribution is -2.23. The fraction of sp³-hybridized carbons (Fsp3) is 0.294. The molecular weight excluding hydrogens is 319 g/mol. The van der Waals surface area contributed by atoms with E-state index in [0.717, 1.165) is 29.7 Å². The second-order valence-electron chi connectivity index (χ2n) is 5.49. The van der Waals surface area contributed by atoms with Gasteiger partial charge in [-0.05, 0) is 56.4 Å². The van der Waals surface area contributed by atoms with Gasteiger partial charge in [-0.2, -0.15) is 5.10 Å². The van der Waals surface area contributed by atoms with Gasteiger partial charge in [0.25, 0.3) is 5.91 Å². The number of allylic oxidation sites excluding steroid dienone is 3. The maximum atomic E-state index is 12.2. The molecule has 0 bridgehead atoms. The molecule has 1 atom stereocenters. The number of amides is 1. The summed E-state index contributed by atoms with van der Waals surface area (Å²) in [5.41, 5.74) is 6.01. The van der Waals surface area contributed by atoms with Crippen LogP contribution in [0.2, 0.25) is 10.0 Å². The van der Waals surface area contributed by atoms with Crippen molar-refractivity contribution in [2.75, 3.05) is 0 Å². The molecule has 1 aromatic carbocycles. The number of nitrogens with one attached hydrogen (secondary N) is 1. The molecule has 0 spiro atoms. The third-order valence-electron chi connectivity index (χ3n) is 3.77. The van der Waals surface area contributed by atoms with E-state index in [0.29, 0.717) is 21.5 Å². The molecule has 0 radical (unpaired) electrons. The summed E-state index contributed by atoms with van der Waals surface area (Å²) in [7, 11) is 0. The van der Waals surface area contributed by atoms with Gasteiger partial charge in [-0.15, -0.1) is 0 Å². The van der Waals surface area contributed by atoms with Gasteiger partial charge in [0.15, 0.2) is 0 Å². The molecule has 2 rings (SSSR count). The lowest BCUT2D eigenvalue weighted by molar-refractivity contribution is 0.0955. The Balaban J connectivity index is 2.13. The molecule has 1 unspecified atom stereocenters. The monoisotopic (exact) mass is 336 g/mol. The summed E-state index contributed by atoms with van der Waals surface area (Å²) in [5, 5.41) is 5.05. The van der Waals surface area contributed by atoms with E-state index in [1.165, 1.54) is 6.07 Å². The Kier molecular flexibility index (Phi) is 5.43. The summed E-state index contributed by atoms with van der Waals surface area (Å²) in [5.74, 6) is 0.0258. The average molecular weight is 337 g/mol. The molecule has 0 aromatic heterocycles. The summed E-state index contributed by atoms with van der Waals surface area (Å²) < 4.78 is 0. The molecular formula is C17H18Cl2N2O. The van der Waals surface area contributed by atoms with Crippen LogP contribution in [-0.4, -0.2) is 11.6 Å². The molecule has 0 heterocycles. The zero-order chi connectivity index (χ0) is 16.3. The fourth-order valence-electron chi connectivity index (χ4n) is 2.28. The van der Waals surface area contributed by atoms with Gasteiger partial charge >= 0.3 is 0 Å². The number of halogens is 2. The number of carbonyl (C=O) groups excluding carboxylic acids is 1. The first-order chi connectivity index (χ1) is 10.4. The lowest BCUT2D eigenvalue weighted by Gasteiger charge is -2.22. The van der Waals surface area contributed by atoms with Crippen LogP contribution in [0.3, 0.4) is 0 Å². The number of carbonyl (C=O) groups is 1. The molecule has 0 saturated carbocycles. The molecule has 0 aliphatic heterocycles. The first-order valence-corrected chi connectivity index (χ1v) is 7.78. The maximum absolute atomic E-state index is 12.2. The van der Waals surface area contributed by atoms with Crippen LogP contribution in [0.5, 0.6) is 0 Å². The van der Waals surface area contributed by atoms with Crippen molar-refractivity contribution in [2.24, 2.45) is 11.0 Å². The first kappa shape index (κ1) is 16.8. The summed E-state index contributed by atoms with van der Waals surface area (Å²) in [6.07, 6.45) is 3.88. The highest BCUT2D eigenvalue weighted by molar-refractivity contribution is 6.36. The Hall–Kier alpha value is -1.58. The highest BCUT2D eigenvalue weighted by atomic mass is 35.5. The van der Waals surface area contributed by atoms with E-state index < -0.39 is 0 Å². The van der Waals surface area contributed by atoms with Crippen molar-refractivity contribution in [3.63, 3.8) is 0 Å². The quantitative estimate of drug-likeness (QED) is 0.611. The van der Waals surface area contributed by atoms with E-state index in [2.05, 4.69) is 23.2 Å². The minimum atomic E-state index is -0.348. The molecule has 1 N–H and O–H groups in total. The van der Waals surface area contributed by atoms with Gasteiger partial charge < -0.3 is 0 Å². The second-order valence-corrected chi connectivity index (χ2v) is 6.34. The fourth-order valence-corrected chi connectivity index (χ4v) is 2.77. The third-order valence-corrected chi connectivity index (χ3v) is 4.32. The molecule has 0 fully saturated rings. The van der Waals surface area contributed by atoms with Crippen molar-refractivity contribution in [3.8, 4) is 0 Å². The molecule has 1 amide bonds. The molecule has 22 heavy (non-hydrogen) atoms.